The quantitative estimate of drug-likeness (QED) is 0.189. The van der Waals surface area contributed by atoms with Gasteiger partial charge >= 0.3 is 0 Å². The highest BCUT2D eigenvalue weighted by Gasteiger charge is 2.29. The Morgan fingerprint density at radius 2 is 1.05 bits per heavy atom. The molecule has 5 heteroatoms. The summed E-state index contributed by atoms with van der Waals surface area (Å²) < 4.78 is 0. The van der Waals surface area contributed by atoms with E-state index in [9.17, 15) is 0 Å². The first-order chi connectivity index (χ1) is 20.4. The van der Waals surface area contributed by atoms with Crippen molar-refractivity contribution in [1.29, 1.82) is 5.41 Å². The Morgan fingerprint density at radius 1 is 0.605 bits per heavy atom. The summed E-state index contributed by atoms with van der Waals surface area (Å²) in [5.41, 5.74) is 14.1. The van der Waals surface area contributed by atoms with Gasteiger partial charge in [-0.2, -0.15) is 0 Å². The van der Waals surface area contributed by atoms with Crippen molar-refractivity contribution in [3.63, 3.8) is 0 Å². The lowest BCUT2D eigenvalue weighted by molar-refractivity contribution is 0.590. The molecule has 216 valence electrons. The summed E-state index contributed by atoms with van der Waals surface area (Å²) in [5, 5.41) is 8.83. The number of rotatable bonds is 4. The van der Waals surface area contributed by atoms with Crippen molar-refractivity contribution < 1.29 is 0 Å². The zero-order valence-electron chi connectivity index (χ0n) is 25.8. The van der Waals surface area contributed by atoms with Gasteiger partial charge in [-0.25, -0.2) is 15.0 Å². The Kier molecular flexibility index (Phi) is 8.10. The van der Waals surface area contributed by atoms with E-state index in [4.69, 9.17) is 26.1 Å². The highest BCUT2D eigenvalue weighted by molar-refractivity contribution is 6.51. The van der Waals surface area contributed by atoms with E-state index in [2.05, 4.69) is 90.1 Å². The van der Waals surface area contributed by atoms with Crippen LogP contribution in [0, 0.1) is 5.41 Å². The molecule has 0 unspecified atom stereocenters. The van der Waals surface area contributed by atoms with Crippen molar-refractivity contribution in [2.75, 3.05) is 0 Å². The average Bonchev–Trinajstić information content (AvgIpc) is 3.34. The largest absolute Gasteiger partial charge is 0.383 e. The van der Waals surface area contributed by atoms with Crippen LogP contribution in [0.15, 0.2) is 124 Å². The van der Waals surface area contributed by atoms with E-state index in [1.807, 2.05) is 60.7 Å². The Morgan fingerprint density at radius 3 is 1.51 bits per heavy atom. The number of hydrogen-bond donors (Lipinski definition) is 2. The summed E-state index contributed by atoms with van der Waals surface area (Å²) >= 11 is 0. The van der Waals surface area contributed by atoms with Gasteiger partial charge in [-0.3, -0.25) is 5.41 Å². The molecule has 5 rings (SSSR count). The lowest BCUT2D eigenvalue weighted by Crippen LogP contribution is -2.16. The van der Waals surface area contributed by atoms with Crippen molar-refractivity contribution in [2.45, 2.75) is 52.4 Å². The second kappa shape index (κ2) is 11.8. The molecule has 3 N–H and O–H groups in total. The first kappa shape index (κ1) is 29.6. The molecule has 0 saturated carbocycles. The predicted octanol–water partition coefficient (Wildman–Crippen LogP) is 8.43. The number of benzene rings is 4. The average molecular weight is 566 g/mol. The van der Waals surface area contributed by atoms with Crippen molar-refractivity contribution in [1.82, 2.24) is 0 Å². The number of hydrogen-bond acceptors (Lipinski definition) is 2. The molecule has 0 aliphatic carbocycles. The maximum absolute atomic E-state index is 8.83. The van der Waals surface area contributed by atoms with Crippen molar-refractivity contribution in [3.8, 4) is 0 Å². The van der Waals surface area contributed by atoms with Crippen LogP contribution in [0.1, 0.15) is 74.9 Å². The molecule has 1 aliphatic heterocycles. The molecule has 0 radical (unpaired) electrons. The van der Waals surface area contributed by atoms with E-state index >= 15 is 0 Å². The third-order valence-electron chi connectivity index (χ3n) is 7.55. The van der Waals surface area contributed by atoms with Gasteiger partial charge in [0.05, 0.1) is 0 Å². The van der Waals surface area contributed by atoms with Crippen LogP contribution >= 0.6 is 0 Å². The number of nitrogens with zero attached hydrogens (tertiary/aromatic N) is 3. The van der Waals surface area contributed by atoms with Gasteiger partial charge in [0, 0.05) is 22.3 Å². The standard InChI is InChI=1S/C38H39N5/c1-37(2,3)29-21-17-25(18-22-29)31-32(26-19-23-30(24-20-26)38(4,5)6)36(42-34(40)28-15-11-8-12-16-28)43-35(31)41-33(39)27-13-9-7-10-14-27/h7-24H,1-6H3,(H3,39,40,41,42,43). The molecule has 0 saturated heterocycles. The van der Waals surface area contributed by atoms with E-state index in [0.717, 1.165) is 27.8 Å². The molecule has 0 amide bonds. The van der Waals surface area contributed by atoms with E-state index in [1.165, 1.54) is 11.1 Å². The Balaban J connectivity index is 1.76. The maximum atomic E-state index is 8.83. The summed E-state index contributed by atoms with van der Waals surface area (Å²) in [5.74, 6) is 1.41. The molecule has 4 aromatic rings. The monoisotopic (exact) mass is 565 g/mol. The molecule has 0 aromatic heterocycles. The molecular weight excluding hydrogens is 526 g/mol. The van der Waals surface area contributed by atoms with Gasteiger partial charge < -0.3 is 5.73 Å². The molecule has 0 bridgehead atoms. The first-order valence-electron chi connectivity index (χ1n) is 14.6. The number of nitrogens with two attached hydrogens (primary N) is 1. The van der Waals surface area contributed by atoms with Crippen molar-refractivity contribution >= 4 is 34.5 Å². The SMILES string of the molecule is CC(C)(C)c1ccc(C2=C(c3ccc(C(C)(C)C)cc3)C(N=C(N)c3ccccc3)=NC2=NC(=N)c2ccccc2)cc1. The van der Waals surface area contributed by atoms with E-state index in [1.54, 1.807) is 0 Å². The number of nitrogens with one attached hydrogen (secondary N) is 1. The lowest BCUT2D eigenvalue weighted by Gasteiger charge is -2.20. The molecule has 5 nitrogen and oxygen atoms in total. The van der Waals surface area contributed by atoms with Crippen LogP contribution in [0.2, 0.25) is 0 Å². The summed E-state index contributed by atoms with van der Waals surface area (Å²) in [4.78, 5) is 14.6. The van der Waals surface area contributed by atoms with E-state index in [0.29, 0.717) is 23.1 Å². The van der Waals surface area contributed by atoms with Crippen LogP contribution in [-0.2, 0) is 10.8 Å². The minimum absolute atomic E-state index is 0.0106. The predicted molar refractivity (Wildman–Crippen MR) is 182 cm³/mol. The van der Waals surface area contributed by atoms with Gasteiger partial charge in [0.2, 0.25) is 0 Å². The van der Waals surface area contributed by atoms with Crippen molar-refractivity contribution in [2.24, 2.45) is 20.7 Å². The zero-order chi connectivity index (χ0) is 30.8. The smallest absolute Gasteiger partial charge is 0.165 e. The molecule has 0 spiro atoms. The molecule has 0 atom stereocenters. The fraction of sp³-hybridized carbons (Fsp3) is 0.211. The van der Waals surface area contributed by atoms with Crippen molar-refractivity contribution in [3.05, 3.63) is 143 Å². The van der Waals surface area contributed by atoms with Gasteiger partial charge in [-0.15, -0.1) is 0 Å². The summed E-state index contributed by atoms with van der Waals surface area (Å²) in [6, 6.07) is 36.3. The van der Waals surface area contributed by atoms with E-state index < -0.39 is 0 Å². The van der Waals surface area contributed by atoms with Gasteiger partial charge in [0.15, 0.2) is 17.5 Å². The Bertz CT molecular complexity index is 1740. The third-order valence-corrected chi connectivity index (χ3v) is 7.55. The fourth-order valence-electron chi connectivity index (χ4n) is 4.97. The number of aliphatic imine (C=N–C) groups is 3. The number of amidine groups is 4. The summed E-state index contributed by atoms with van der Waals surface area (Å²) in [6.07, 6.45) is 0. The van der Waals surface area contributed by atoms with Gasteiger partial charge in [-0.1, -0.05) is 151 Å². The first-order valence-corrected chi connectivity index (χ1v) is 14.6. The molecule has 43 heavy (non-hydrogen) atoms. The van der Waals surface area contributed by atoms with Crippen LogP contribution < -0.4 is 5.73 Å². The second-order valence-electron chi connectivity index (χ2n) is 12.9. The highest BCUT2D eigenvalue weighted by atomic mass is 15.1. The van der Waals surface area contributed by atoms with Gasteiger partial charge in [0.25, 0.3) is 0 Å². The Hall–Kier alpha value is -4.90. The van der Waals surface area contributed by atoms with Crippen LogP contribution in [0.4, 0.5) is 0 Å². The highest BCUT2D eigenvalue weighted by Crippen LogP contribution is 2.37. The molecule has 1 heterocycles. The van der Waals surface area contributed by atoms with Crippen LogP contribution in [0.3, 0.4) is 0 Å². The minimum Gasteiger partial charge on any atom is -0.383 e. The Labute approximate surface area is 255 Å². The maximum Gasteiger partial charge on any atom is 0.165 e. The minimum atomic E-state index is 0.0106. The van der Waals surface area contributed by atoms with Crippen LogP contribution in [-0.4, -0.2) is 23.3 Å². The van der Waals surface area contributed by atoms with Gasteiger partial charge in [-0.05, 0) is 33.1 Å². The molecular formula is C38H39N5. The zero-order valence-corrected chi connectivity index (χ0v) is 25.8. The lowest BCUT2D eigenvalue weighted by atomic mass is 9.84. The normalized spacial score (nSPS) is 15.2. The topological polar surface area (TPSA) is 86.9 Å². The summed E-state index contributed by atoms with van der Waals surface area (Å²) in [6.45, 7) is 13.2. The molecule has 1 aliphatic rings. The second-order valence-corrected chi connectivity index (χ2v) is 12.9. The third kappa shape index (κ3) is 6.62. The molecule has 0 fully saturated rings. The summed E-state index contributed by atoms with van der Waals surface area (Å²) in [7, 11) is 0. The molecule has 4 aromatic carbocycles. The fourth-order valence-corrected chi connectivity index (χ4v) is 4.97. The van der Waals surface area contributed by atoms with Gasteiger partial charge in [0.1, 0.15) is 5.84 Å². The van der Waals surface area contributed by atoms with Crippen LogP contribution in [0.25, 0.3) is 11.1 Å². The van der Waals surface area contributed by atoms with E-state index in [-0.39, 0.29) is 16.7 Å². The van der Waals surface area contributed by atoms with Crippen LogP contribution in [0.5, 0.6) is 0 Å².